The molecule has 0 radical (unpaired) electrons. The van der Waals surface area contributed by atoms with Gasteiger partial charge in [-0.1, -0.05) is 30.7 Å². The van der Waals surface area contributed by atoms with Crippen molar-refractivity contribution in [3.05, 3.63) is 35.4 Å². The Morgan fingerprint density at radius 2 is 1.89 bits per heavy atom. The highest BCUT2D eigenvalue weighted by molar-refractivity contribution is 14.0. The van der Waals surface area contributed by atoms with Gasteiger partial charge in [0.2, 0.25) is 0 Å². The molecule has 1 aliphatic carbocycles. The molecule has 1 aromatic rings. The maximum absolute atomic E-state index is 12.7. The predicted octanol–water partition coefficient (Wildman–Crippen LogP) is 4.37. The minimum atomic E-state index is -4.34. The average Bonchev–Trinajstić information content (AvgIpc) is 3.05. The van der Waals surface area contributed by atoms with Gasteiger partial charge in [0.25, 0.3) is 0 Å². The van der Waals surface area contributed by atoms with Crippen LogP contribution in [0.15, 0.2) is 29.3 Å². The number of likely N-dealkylation sites (tertiary alicyclic amines) is 1. The van der Waals surface area contributed by atoms with E-state index in [4.69, 9.17) is 0 Å². The Kier molecular flexibility index (Phi) is 7.83. The van der Waals surface area contributed by atoms with E-state index in [-0.39, 0.29) is 24.0 Å². The number of fused-ring (bicyclic) bond motifs is 1. The van der Waals surface area contributed by atoms with Crippen molar-refractivity contribution in [2.75, 3.05) is 26.7 Å². The molecule has 1 saturated heterocycles. The molecule has 3 nitrogen and oxygen atoms in total. The van der Waals surface area contributed by atoms with Crippen LogP contribution in [0.25, 0.3) is 0 Å². The van der Waals surface area contributed by atoms with Gasteiger partial charge in [-0.25, -0.2) is 0 Å². The standard InChI is InChI=1S/C20H24F3N3.HI/c1-24-19(26-13-16-8-2-3-9-17(16)14-26)25-11-5-7-15-6-4-10-18(12-15)20(21,22)23;/h4,6,10,12,16-17H,2-3,8-9,11,13-14H2,1H3,(H,24,25);1H. The minimum absolute atomic E-state index is 0. The number of benzene rings is 1. The second kappa shape index (κ2) is 9.67. The Balaban J connectivity index is 0.00000261. The normalized spacial score (nSPS) is 22.4. The fourth-order valence-corrected chi connectivity index (χ4v) is 3.95. The molecule has 1 heterocycles. The molecule has 27 heavy (non-hydrogen) atoms. The molecule has 2 atom stereocenters. The van der Waals surface area contributed by atoms with E-state index in [0.29, 0.717) is 12.1 Å². The van der Waals surface area contributed by atoms with Gasteiger partial charge in [0.15, 0.2) is 5.96 Å². The van der Waals surface area contributed by atoms with Crippen molar-refractivity contribution in [1.82, 2.24) is 10.2 Å². The monoisotopic (exact) mass is 491 g/mol. The highest BCUT2D eigenvalue weighted by Gasteiger charge is 2.35. The summed E-state index contributed by atoms with van der Waals surface area (Å²) in [6.07, 6.45) is 0.901. The summed E-state index contributed by atoms with van der Waals surface area (Å²) in [5.41, 5.74) is -0.309. The molecule has 1 saturated carbocycles. The smallest absolute Gasteiger partial charge is 0.345 e. The molecule has 1 aromatic carbocycles. The van der Waals surface area contributed by atoms with Gasteiger partial charge in [-0.15, -0.1) is 24.0 Å². The number of aliphatic imine (C=N–C) groups is 1. The SMILES string of the molecule is CN=C(NCC#Cc1cccc(C(F)(F)F)c1)N1CC2CCCCC2C1.I. The molecule has 2 aliphatic rings. The van der Waals surface area contributed by atoms with Gasteiger partial charge in [-0.2, -0.15) is 13.2 Å². The lowest BCUT2D eigenvalue weighted by Gasteiger charge is -2.22. The zero-order valence-electron chi connectivity index (χ0n) is 15.4. The predicted molar refractivity (Wildman–Crippen MR) is 112 cm³/mol. The molecule has 7 heteroatoms. The van der Waals surface area contributed by atoms with Crippen molar-refractivity contribution in [3.8, 4) is 11.8 Å². The van der Waals surface area contributed by atoms with E-state index in [1.807, 2.05) is 0 Å². The van der Waals surface area contributed by atoms with E-state index in [2.05, 4.69) is 27.0 Å². The van der Waals surface area contributed by atoms with Crippen LogP contribution >= 0.6 is 24.0 Å². The van der Waals surface area contributed by atoms with Crippen LogP contribution in [0.3, 0.4) is 0 Å². The minimum Gasteiger partial charge on any atom is -0.345 e. The first kappa shape index (κ1) is 21.9. The molecule has 1 aliphatic heterocycles. The number of alkyl halides is 3. The van der Waals surface area contributed by atoms with E-state index in [0.717, 1.165) is 43.0 Å². The molecule has 0 spiro atoms. The third kappa shape index (κ3) is 5.77. The van der Waals surface area contributed by atoms with Crippen molar-refractivity contribution in [2.45, 2.75) is 31.9 Å². The molecule has 2 fully saturated rings. The quantitative estimate of drug-likeness (QED) is 0.274. The molecule has 3 rings (SSSR count). The van der Waals surface area contributed by atoms with Crippen LogP contribution in [-0.4, -0.2) is 37.5 Å². The van der Waals surface area contributed by atoms with Crippen LogP contribution in [0.4, 0.5) is 13.2 Å². The molecule has 0 bridgehead atoms. The van der Waals surface area contributed by atoms with Crippen LogP contribution in [-0.2, 0) is 6.18 Å². The van der Waals surface area contributed by atoms with Gasteiger partial charge in [-0.3, -0.25) is 4.99 Å². The number of nitrogens with zero attached hydrogens (tertiary/aromatic N) is 2. The van der Waals surface area contributed by atoms with Crippen LogP contribution in [0.2, 0.25) is 0 Å². The van der Waals surface area contributed by atoms with Gasteiger partial charge >= 0.3 is 6.18 Å². The highest BCUT2D eigenvalue weighted by atomic mass is 127. The van der Waals surface area contributed by atoms with Crippen molar-refractivity contribution < 1.29 is 13.2 Å². The number of nitrogens with one attached hydrogen (secondary N) is 1. The van der Waals surface area contributed by atoms with E-state index in [1.54, 1.807) is 13.1 Å². The topological polar surface area (TPSA) is 27.6 Å². The highest BCUT2D eigenvalue weighted by Crippen LogP contribution is 2.35. The lowest BCUT2D eigenvalue weighted by molar-refractivity contribution is -0.137. The Labute approximate surface area is 175 Å². The summed E-state index contributed by atoms with van der Waals surface area (Å²) < 4.78 is 38.2. The Morgan fingerprint density at radius 1 is 1.22 bits per heavy atom. The lowest BCUT2D eigenvalue weighted by atomic mass is 9.82. The third-order valence-corrected chi connectivity index (χ3v) is 5.25. The summed E-state index contributed by atoms with van der Waals surface area (Å²) in [5, 5.41) is 3.22. The summed E-state index contributed by atoms with van der Waals surface area (Å²) >= 11 is 0. The van der Waals surface area contributed by atoms with Gasteiger partial charge in [0.1, 0.15) is 0 Å². The summed E-state index contributed by atoms with van der Waals surface area (Å²) in [4.78, 5) is 6.62. The van der Waals surface area contributed by atoms with Crippen LogP contribution in [0.1, 0.15) is 36.8 Å². The van der Waals surface area contributed by atoms with Gasteiger partial charge in [0, 0.05) is 25.7 Å². The van der Waals surface area contributed by atoms with Crippen molar-refractivity contribution in [3.63, 3.8) is 0 Å². The second-order valence-corrected chi connectivity index (χ2v) is 6.99. The first-order chi connectivity index (χ1) is 12.5. The summed E-state index contributed by atoms with van der Waals surface area (Å²) in [5.74, 6) is 8.04. The van der Waals surface area contributed by atoms with Crippen molar-refractivity contribution in [2.24, 2.45) is 16.8 Å². The number of hydrogen-bond donors (Lipinski definition) is 1. The largest absolute Gasteiger partial charge is 0.416 e. The number of guanidine groups is 1. The van der Waals surface area contributed by atoms with Gasteiger partial charge in [-0.05, 0) is 42.9 Å². The Bertz CT molecular complexity index is 707. The fraction of sp³-hybridized carbons (Fsp3) is 0.550. The first-order valence-electron chi connectivity index (χ1n) is 9.09. The lowest BCUT2D eigenvalue weighted by Crippen LogP contribution is -2.40. The molecule has 0 amide bonds. The Hall–Kier alpha value is -1.43. The maximum Gasteiger partial charge on any atom is 0.416 e. The average molecular weight is 491 g/mol. The number of hydrogen-bond acceptors (Lipinski definition) is 1. The Morgan fingerprint density at radius 3 is 2.48 bits per heavy atom. The summed E-state index contributed by atoms with van der Waals surface area (Å²) in [6, 6.07) is 5.10. The van der Waals surface area contributed by atoms with E-state index in [9.17, 15) is 13.2 Å². The summed E-state index contributed by atoms with van der Waals surface area (Å²) in [7, 11) is 1.75. The van der Waals surface area contributed by atoms with Crippen LogP contribution < -0.4 is 5.32 Å². The molecule has 0 aromatic heterocycles. The maximum atomic E-state index is 12.7. The number of halogens is 4. The summed E-state index contributed by atoms with van der Waals surface area (Å²) in [6.45, 7) is 2.42. The first-order valence-corrected chi connectivity index (χ1v) is 9.09. The van der Waals surface area contributed by atoms with E-state index in [1.165, 1.54) is 31.7 Å². The molecular formula is C20H25F3IN3. The van der Waals surface area contributed by atoms with Crippen LogP contribution in [0.5, 0.6) is 0 Å². The number of rotatable bonds is 1. The van der Waals surface area contributed by atoms with Gasteiger partial charge < -0.3 is 10.2 Å². The zero-order chi connectivity index (χ0) is 18.6. The van der Waals surface area contributed by atoms with E-state index < -0.39 is 11.7 Å². The molecule has 1 N–H and O–H groups in total. The molecule has 2 unspecified atom stereocenters. The molecular weight excluding hydrogens is 466 g/mol. The van der Waals surface area contributed by atoms with Crippen LogP contribution in [0, 0.1) is 23.7 Å². The fourth-order valence-electron chi connectivity index (χ4n) is 3.95. The van der Waals surface area contributed by atoms with E-state index >= 15 is 0 Å². The third-order valence-electron chi connectivity index (χ3n) is 5.25. The van der Waals surface area contributed by atoms with Crippen molar-refractivity contribution in [1.29, 1.82) is 0 Å². The second-order valence-electron chi connectivity index (χ2n) is 6.99. The zero-order valence-corrected chi connectivity index (χ0v) is 17.7. The van der Waals surface area contributed by atoms with Crippen molar-refractivity contribution >= 4 is 29.9 Å². The van der Waals surface area contributed by atoms with Gasteiger partial charge in [0.05, 0.1) is 12.1 Å². The molecule has 148 valence electrons.